The van der Waals surface area contributed by atoms with Crippen LogP contribution in [0.15, 0.2) is 24.3 Å². The van der Waals surface area contributed by atoms with Gasteiger partial charge in [-0.1, -0.05) is 24.3 Å². The Morgan fingerprint density at radius 1 is 1.42 bits per heavy atom. The molecule has 5 heteroatoms. The molecule has 1 aromatic carbocycles. The topological polar surface area (TPSA) is 65.4 Å². The minimum Gasteiger partial charge on any atom is -0.380 e. The Balaban J connectivity index is 2.44. The molecule has 2 rings (SSSR count). The van der Waals surface area contributed by atoms with E-state index < -0.39 is 0 Å². The third kappa shape index (κ3) is 2.46. The molecule has 5 nitrogen and oxygen atoms in total. The van der Waals surface area contributed by atoms with Crippen LogP contribution in [0.4, 0.5) is 4.79 Å². The highest BCUT2D eigenvalue weighted by Gasteiger charge is 2.39. The van der Waals surface area contributed by atoms with Crippen LogP contribution in [0.25, 0.3) is 0 Å². The second kappa shape index (κ2) is 5.40. The number of carbonyl (C=O) groups is 1. The molecule has 1 saturated heterocycles. The monoisotopic (exact) mass is 261 g/mol. The average Bonchev–Trinajstić information content (AvgIpc) is 2.65. The van der Waals surface area contributed by atoms with Gasteiger partial charge in [-0.25, -0.2) is 4.79 Å². The average molecular weight is 261 g/mol. The molecular formula is C14H19N3O2. The van der Waals surface area contributed by atoms with Gasteiger partial charge in [0.25, 0.3) is 0 Å². The Kier molecular flexibility index (Phi) is 3.85. The molecule has 19 heavy (non-hydrogen) atoms. The van der Waals surface area contributed by atoms with E-state index in [4.69, 9.17) is 10.1 Å². The van der Waals surface area contributed by atoms with Crippen LogP contribution in [0.2, 0.25) is 0 Å². The van der Waals surface area contributed by atoms with Crippen LogP contribution in [-0.2, 0) is 11.3 Å². The number of carbonyl (C=O) groups excluding carboxylic acids is 1. The van der Waals surface area contributed by atoms with Gasteiger partial charge in [0.1, 0.15) is 11.9 Å². The van der Waals surface area contributed by atoms with E-state index >= 15 is 0 Å². The minimum atomic E-state index is -0.348. The van der Waals surface area contributed by atoms with Crippen molar-refractivity contribution in [1.29, 1.82) is 5.41 Å². The number of hydrogen-bond donors (Lipinski definition) is 2. The highest BCUT2D eigenvalue weighted by atomic mass is 16.5. The van der Waals surface area contributed by atoms with Gasteiger partial charge in [-0.2, -0.15) is 0 Å². The van der Waals surface area contributed by atoms with Gasteiger partial charge < -0.3 is 9.64 Å². The first-order chi connectivity index (χ1) is 9.06. The molecule has 102 valence electrons. The Hall–Kier alpha value is -1.88. The molecule has 1 unspecified atom stereocenters. The predicted octanol–water partition coefficient (Wildman–Crippen LogP) is 2.28. The summed E-state index contributed by atoms with van der Waals surface area (Å²) in [6.45, 7) is 4.37. The van der Waals surface area contributed by atoms with Crippen LogP contribution in [-0.4, -0.2) is 29.9 Å². The Morgan fingerprint density at radius 2 is 2.11 bits per heavy atom. The first-order valence-electron chi connectivity index (χ1n) is 6.30. The van der Waals surface area contributed by atoms with Gasteiger partial charge in [0.2, 0.25) is 0 Å². The Morgan fingerprint density at radius 3 is 2.74 bits per heavy atom. The molecule has 2 N–H and O–H groups in total. The normalized spacial score (nSPS) is 19.2. The molecule has 1 aliphatic heterocycles. The molecule has 1 aromatic rings. The summed E-state index contributed by atoms with van der Waals surface area (Å²) in [5.74, 6) is 0.224. The van der Waals surface area contributed by atoms with Crippen LogP contribution in [0.1, 0.15) is 31.0 Å². The molecule has 0 bridgehead atoms. The summed E-state index contributed by atoms with van der Waals surface area (Å²) < 4.78 is 5.19. The standard InChI is InChI=1S/C14H19N3O2/c1-9(2)17-12(13(15)16-14(17)18)11-7-5-4-6-10(11)8-19-3/h4-7,9,12H,8H2,1-3H3,(H2,15,16,18). The highest BCUT2D eigenvalue weighted by Crippen LogP contribution is 2.30. The Bertz CT molecular complexity index is 499. The van der Waals surface area contributed by atoms with Gasteiger partial charge in [-0.15, -0.1) is 0 Å². The number of amidine groups is 1. The first kappa shape index (κ1) is 13.5. The van der Waals surface area contributed by atoms with Crippen LogP contribution in [0, 0.1) is 5.41 Å². The van der Waals surface area contributed by atoms with Crippen molar-refractivity contribution in [3.8, 4) is 0 Å². The fraction of sp³-hybridized carbons (Fsp3) is 0.429. The number of urea groups is 1. The SMILES string of the molecule is COCc1ccccc1C1C(=N)NC(=O)N1C(C)C. The molecule has 2 amide bonds. The first-order valence-corrected chi connectivity index (χ1v) is 6.30. The molecule has 1 atom stereocenters. The molecule has 0 saturated carbocycles. The lowest BCUT2D eigenvalue weighted by atomic mass is 9.99. The fourth-order valence-corrected chi connectivity index (χ4v) is 2.43. The zero-order valence-corrected chi connectivity index (χ0v) is 11.4. The highest BCUT2D eigenvalue weighted by molar-refractivity contribution is 6.06. The number of hydrogen-bond acceptors (Lipinski definition) is 3. The summed E-state index contributed by atoms with van der Waals surface area (Å²) in [6, 6.07) is 7.24. The van der Waals surface area contributed by atoms with Crippen LogP contribution < -0.4 is 5.32 Å². The van der Waals surface area contributed by atoms with Gasteiger partial charge >= 0.3 is 6.03 Å². The van der Waals surface area contributed by atoms with E-state index in [1.165, 1.54) is 0 Å². The van der Waals surface area contributed by atoms with Crippen molar-refractivity contribution in [2.24, 2.45) is 0 Å². The van der Waals surface area contributed by atoms with Crippen molar-refractivity contribution in [3.05, 3.63) is 35.4 Å². The fourth-order valence-electron chi connectivity index (χ4n) is 2.43. The smallest absolute Gasteiger partial charge is 0.323 e. The minimum absolute atomic E-state index is 0.0310. The van der Waals surface area contributed by atoms with E-state index in [2.05, 4.69) is 5.32 Å². The van der Waals surface area contributed by atoms with Crippen LogP contribution in [0.5, 0.6) is 0 Å². The summed E-state index contributed by atoms with van der Waals surface area (Å²) in [4.78, 5) is 13.6. The zero-order chi connectivity index (χ0) is 14.0. The molecule has 0 spiro atoms. The largest absolute Gasteiger partial charge is 0.380 e. The van der Waals surface area contributed by atoms with Crippen molar-refractivity contribution >= 4 is 11.9 Å². The van der Waals surface area contributed by atoms with E-state index in [1.807, 2.05) is 38.1 Å². The maximum absolute atomic E-state index is 11.9. The second-order valence-corrected chi connectivity index (χ2v) is 4.88. The van der Waals surface area contributed by atoms with Gasteiger partial charge in [0.15, 0.2) is 0 Å². The van der Waals surface area contributed by atoms with Crippen molar-refractivity contribution in [3.63, 3.8) is 0 Å². The lowest BCUT2D eigenvalue weighted by molar-refractivity contribution is 0.178. The molecule has 0 aromatic heterocycles. The molecule has 0 aliphatic carbocycles. The number of nitrogens with one attached hydrogen (secondary N) is 2. The van der Waals surface area contributed by atoms with Crippen LogP contribution >= 0.6 is 0 Å². The molecule has 0 radical (unpaired) electrons. The quantitative estimate of drug-likeness (QED) is 0.873. The maximum atomic E-state index is 11.9. The number of rotatable bonds is 4. The number of ether oxygens (including phenoxy) is 1. The third-order valence-corrected chi connectivity index (χ3v) is 3.23. The molecular weight excluding hydrogens is 242 g/mol. The zero-order valence-electron chi connectivity index (χ0n) is 11.4. The van der Waals surface area contributed by atoms with Crippen molar-refractivity contribution in [2.45, 2.75) is 32.5 Å². The third-order valence-electron chi connectivity index (χ3n) is 3.23. The predicted molar refractivity (Wildman–Crippen MR) is 73.1 cm³/mol. The van der Waals surface area contributed by atoms with Crippen molar-refractivity contribution in [2.75, 3.05) is 7.11 Å². The maximum Gasteiger partial charge on any atom is 0.323 e. The van der Waals surface area contributed by atoms with E-state index in [0.717, 1.165) is 11.1 Å². The molecule has 1 heterocycles. The molecule has 1 aliphatic rings. The van der Waals surface area contributed by atoms with Crippen molar-refractivity contribution < 1.29 is 9.53 Å². The number of nitrogens with zero attached hydrogens (tertiary/aromatic N) is 1. The number of benzene rings is 1. The summed E-state index contributed by atoms with van der Waals surface area (Å²) in [5.41, 5.74) is 1.95. The Labute approximate surface area is 113 Å². The lowest BCUT2D eigenvalue weighted by Crippen LogP contribution is -2.36. The summed E-state index contributed by atoms with van der Waals surface area (Å²) in [5, 5.41) is 10.6. The lowest BCUT2D eigenvalue weighted by Gasteiger charge is -2.28. The van der Waals surface area contributed by atoms with E-state index in [-0.39, 0.29) is 24.0 Å². The van der Waals surface area contributed by atoms with E-state index in [9.17, 15) is 4.79 Å². The summed E-state index contributed by atoms with van der Waals surface area (Å²) in [6.07, 6.45) is 0. The van der Waals surface area contributed by atoms with Gasteiger partial charge in [-0.05, 0) is 25.0 Å². The number of amides is 2. The van der Waals surface area contributed by atoms with E-state index in [1.54, 1.807) is 12.0 Å². The molecule has 1 fully saturated rings. The summed E-state index contributed by atoms with van der Waals surface area (Å²) >= 11 is 0. The van der Waals surface area contributed by atoms with E-state index in [0.29, 0.717) is 6.61 Å². The van der Waals surface area contributed by atoms with Crippen LogP contribution in [0.3, 0.4) is 0 Å². The van der Waals surface area contributed by atoms with Gasteiger partial charge in [0, 0.05) is 13.2 Å². The van der Waals surface area contributed by atoms with Gasteiger partial charge in [0.05, 0.1) is 6.61 Å². The summed E-state index contributed by atoms with van der Waals surface area (Å²) in [7, 11) is 1.64. The van der Waals surface area contributed by atoms with Crippen molar-refractivity contribution in [1.82, 2.24) is 10.2 Å². The number of methoxy groups -OCH3 is 1. The van der Waals surface area contributed by atoms with Gasteiger partial charge in [-0.3, -0.25) is 10.7 Å². The second-order valence-electron chi connectivity index (χ2n) is 4.88.